The lowest BCUT2D eigenvalue weighted by molar-refractivity contribution is 0.618. The molecule has 30 heavy (non-hydrogen) atoms. The highest BCUT2D eigenvalue weighted by atomic mass is 32.1. The van der Waals surface area contributed by atoms with Crippen LogP contribution in [-0.4, -0.2) is 28.7 Å². The number of benzene rings is 1. The molecule has 0 unspecified atom stereocenters. The van der Waals surface area contributed by atoms with Gasteiger partial charge in [-0.05, 0) is 50.0 Å². The molecule has 0 fully saturated rings. The first-order valence-corrected chi connectivity index (χ1v) is 10.5. The molecule has 8 nitrogen and oxygen atoms in total. The van der Waals surface area contributed by atoms with Gasteiger partial charge in [-0.2, -0.15) is 19.4 Å². The summed E-state index contributed by atoms with van der Waals surface area (Å²) in [6, 6.07) is 6.47. The van der Waals surface area contributed by atoms with Crippen molar-refractivity contribution in [3.63, 3.8) is 0 Å². The number of aromatic nitrogens is 6. The largest absolute Gasteiger partial charge is 0.383 e. The van der Waals surface area contributed by atoms with E-state index in [4.69, 9.17) is 10.7 Å². The predicted molar refractivity (Wildman–Crippen MR) is 122 cm³/mol. The number of nitrogen functional groups attached to an aromatic ring is 1. The van der Waals surface area contributed by atoms with Crippen LogP contribution in [0.5, 0.6) is 0 Å². The maximum absolute atomic E-state index is 6.46. The fraction of sp³-hybridized carbons (Fsp3) is 0.238. The van der Waals surface area contributed by atoms with E-state index in [0.717, 1.165) is 44.4 Å². The van der Waals surface area contributed by atoms with E-state index < -0.39 is 0 Å². The van der Waals surface area contributed by atoms with Crippen LogP contribution in [-0.2, 0) is 7.05 Å². The zero-order valence-electron chi connectivity index (χ0n) is 17.2. The maximum Gasteiger partial charge on any atom is 0.231 e. The minimum atomic E-state index is 0.218. The van der Waals surface area contributed by atoms with E-state index in [-0.39, 0.29) is 6.04 Å². The van der Waals surface area contributed by atoms with Crippen molar-refractivity contribution in [3.8, 4) is 11.1 Å². The smallest absolute Gasteiger partial charge is 0.231 e. The monoisotopic (exact) mass is 418 g/mol. The first-order valence-electron chi connectivity index (χ1n) is 9.70. The molecule has 3 N–H and O–H groups in total. The average molecular weight is 419 g/mol. The van der Waals surface area contributed by atoms with E-state index >= 15 is 0 Å². The highest BCUT2D eigenvalue weighted by Gasteiger charge is 2.19. The summed E-state index contributed by atoms with van der Waals surface area (Å²) in [5.41, 5.74) is 12.1. The van der Waals surface area contributed by atoms with Crippen LogP contribution in [0.4, 0.5) is 17.5 Å². The summed E-state index contributed by atoms with van der Waals surface area (Å²) >= 11 is 1.46. The first-order chi connectivity index (χ1) is 14.4. The van der Waals surface area contributed by atoms with Gasteiger partial charge in [0.15, 0.2) is 0 Å². The number of nitrogens with zero attached hydrogens (tertiary/aromatic N) is 6. The lowest BCUT2D eigenvalue weighted by atomic mass is 10.0. The molecule has 0 radical (unpaired) electrons. The quantitative estimate of drug-likeness (QED) is 0.440. The molecule has 4 heterocycles. The van der Waals surface area contributed by atoms with E-state index in [9.17, 15) is 0 Å². The van der Waals surface area contributed by atoms with Gasteiger partial charge in [0, 0.05) is 41.8 Å². The molecule has 152 valence electrons. The minimum Gasteiger partial charge on any atom is -0.383 e. The molecule has 4 aromatic heterocycles. The predicted octanol–water partition coefficient (Wildman–Crippen LogP) is 4.66. The zero-order valence-corrected chi connectivity index (χ0v) is 18.0. The van der Waals surface area contributed by atoms with Crippen molar-refractivity contribution in [2.75, 3.05) is 11.1 Å². The Morgan fingerprint density at radius 3 is 2.73 bits per heavy atom. The van der Waals surface area contributed by atoms with E-state index in [2.05, 4.69) is 61.9 Å². The van der Waals surface area contributed by atoms with Crippen molar-refractivity contribution < 1.29 is 0 Å². The molecule has 0 amide bonds. The van der Waals surface area contributed by atoms with Crippen molar-refractivity contribution in [3.05, 3.63) is 41.7 Å². The Bertz CT molecular complexity index is 1390. The average Bonchev–Trinajstić information content (AvgIpc) is 3.38. The van der Waals surface area contributed by atoms with Gasteiger partial charge in [0.1, 0.15) is 11.5 Å². The molecule has 0 aliphatic carbocycles. The summed E-state index contributed by atoms with van der Waals surface area (Å²) in [6.45, 7) is 6.20. The topological polar surface area (TPSA) is 99.5 Å². The SMILES string of the molecule is Cc1nn(C)cc1Nc1nc(N)c2c(-c3ccc4nscc4c3)cn(C(C)C)c2n1. The highest BCUT2D eigenvalue weighted by Crippen LogP contribution is 2.36. The number of nitrogens with one attached hydrogen (secondary N) is 1. The molecule has 0 saturated heterocycles. The summed E-state index contributed by atoms with van der Waals surface area (Å²) in [5, 5.41) is 11.6. The Kier molecular flexibility index (Phi) is 4.21. The third-order valence-electron chi connectivity index (χ3n) is 5.19. The van der Waals surface area contributed by atoms with Crippen LogP contribution < -0.4 is 11.1 Å². The lowest BCUT2D eigenvalue weighted by Gasteiger charge is -2.10. The van der Waals surface area contributed by atoms with E-state index in [1.807, 2.05) is 26.2 Å². The van der Waals surface area contributed by atoms with Gasteiger partial charge in [-0.1, -0.05) is 6.07 Å². The Morgan fingerprint density at radius 1 is 1.17 bits per heavy atom. The van der Waals surface area contributed by atoms with Gasteiger partial charge in [0.05, 0.1) is 22.3 Å². The van der Waals surface area contributed by atoms with Gasteiger partial charge >= 0.3 is 0 Å². The Balaban J connectivity index is 1.68. The first kappa shape index (κ1) is 18.6. The van der Waals surface area contributed by atoms with Crippen LogP contribution in [0.25, 0.3) is 33.1 Å². The van der Waals surface area contributed by atoms with Crippen LogP contribution in [0.3, 0.4) is 0 Å². The highest BCUT2D eigenvalue weighted by molar-refractivity contribution is 7.04. The van der Waals surface area contributed by atoms with Gasteiger partial charge in [0.25, 0.3) is 0 Å². The molecule has 0 aliphatic heterocycles. The van der Waals surface area contributed by atoms with Crippen LogP contribution >= 0.6 is 11.5 Å². The fourth-order valence-electron chi connectivity index (χ4n) is 3.73. The zero-order chi connectivity index (χ0) is 21.0. The van der Waals surface area contributed by atoms with E-state index in [0.29, 0.717) is 11.8 Å². The number of hydrogen-bond donors (Lipinski definition) is 2. The minimum absolute atomic E-state index is 0.218. The second-order valence-corrected chi connectivity index (χ2v) is 8.32. The number of rotatable bonds is 4. The molecule has 9 heteroatoms. The number of aryl methyl sites for hydroxylation is 2. The fourth-order valence-corrected chi connectivity index (χ4v) is 4.36. The molecule has 1 aromatic carbocycles. The molecule has 5 aromatic rings. The number of hydrogen-bond acceptors (Lipinski definition) is 7. The van der Waals surface area contributed by atoms with Gasteiger partial charge < -0.3 is 15.6 Å². The van der Waals surface area contributed by atoms with Crippen molar-refractivity contribution in [2.24, 2.45) is 7.05 Å². The molecule has 0 saturated carbocycles. The number of fused-ring (bicyclic) bond motifs is 2. The van der Waals surface area contributed by atoms with Crippen molar-refractivity contribution in [2.45, 2.75) is 26.8 Å². The van der Waals surface area contributed by atoms with Gasteiger partial charge in [-0.3, -0.25) is 4.68 Å². The summed E-state index contributed by atoms with van der Waals surface area (Å²) in [5.74, 6) is 0.905. The lowest BCUT2D eigenvalue weighted by Crippen LogP contribution is -2.05. The van der Waals surface area contributed by atoms with Crippen LogP contribution in [0, 0.1) is 6.92 Å². The second kappa shape index (κ2) is 6.81. The van der Waals surface area contributed by atoms with E-state index in [1.165, 1.54) is 11.5 Å². The summed E-state index contributed by atoms with van der Waals surface area (Å²) in [4.78, 5) is 9.37. The second-order valence-electron chi connectivity index (χ2n) is 7.69. The summed E-state index contributed by atoms with van der Waals surface area (Å²) in [6.07, 6.45) is 4.01. The van der Waals surface area contributed by atoms with Crippen molar-refractivity contribution in [1.29, 1.82) is 0 Å². The van der Waals surface area contributed by atoms with Crippen molar-refractivity contribution in [1.82, 2.24) is 28.7 Å². The molecule has 0 spiro atoms. The molecular formula is C21H22N8S. The van der Waals surface area contributed by atoms with Crippen molar-refractivity contribution >= 4 is 50.9 Å². The van der Waals surface area contributed by atoms with E-state index in [1.54, 1.807) is 4.68 Å². The molecule has 0 bridgehead atoms. The van der Waals surface area contributed by atoms with Crippen LogP contribution in [0.1, 0.15) is 25.6 Å². The number of nitrogens with two attached hydrogens (primary N) is 1. The molecule has 0 aliphatic rings. The van der Waals surface area contributed by atoms with Gasteiger partial charge in [-0.15, -0.1) is 0 Å². The Morgan fingerprint density at radius 2 is 2.00 bits per heavy atom. The van der Waals surface area contributed by atoms with Crippen LogP contribution in [0.2, 0.25) is 0 Å². The standard InChI is InChI=1S/C21H22N8S/c1-11(2)29-8-15(13-5-6-16-14(7-13)10-30-27-16)18-19(22)24-21(25-20(18)29)23-17-9-28(4)26-12(17)3/h5-11H,1-4H3,(H3,22,23,24,25). The van der Waals surface area contributed by atoms with Gasteiger partial charge in [0.2, 0.25) is 5.95 Å². The van der Waals surface area contributed by atoms with Crippen LogP contribution in [0.15, 0.2) is 36.0 Å². The van der Waals surface area contributed by atoms with Gasteiger partial charge in [-0.25, -0.2) is 0 Å². The third kappa shape index (κ3) is 2.98. The normalized spacial score (nSPS) is 11.8. The molecule has 5 rings (SSSR count). The molecule has 0 atom stereocenters. The molecular weight excluding hydrogens is 396 g/mol. The maximum atomic E-state index is 6.46. The number of anilines is 3. The summed E-state index contributed by atoms with van der Waals surface area (Å²) < 4.78 is 8.29. The Hall–Kier alpha value is -3.46. The Labute approximate surface area is 177 Å². The third-order valence-corrected chi connectivity index (χ3v) is 5.85. The summed E-state index contributed by atoms with van der Waals surface area (Å²) in [7, 11) is 1.88.